The van der Waals surface area contributed by atoms with Crippen LogP contribution < -0.4 is 15.0 Å². The van der Waals surface area contributed by atoms with Crippen LogP contribution in [-0.4, -0.2) is 82.7 Å². The van der Waals surface area contributed by atoms with E-state index in [2.05, 4.69) is 41.3 Å². The van der Waals surface area contributed by atoms with Crippen LogP contribution in [-0.2, 0) is 4.79 Å². The number of carbonyl (C=O) groups is 1. The molecule has 1 N–H and O–H groups in total. The maximum Gasteiger partial charge on any atom is 0.223 e. The topological polar surface area (TPSA) is 48.1 Å². The van der Waals surface area contributed by atoms with Crippen molar-refractivity contribution in [3.63, 3.8) is 0 Å². The van der Waals surface area contributed by atoms with Crippen LogP contribution in [0.15, 0.2) is 24.3 Å². The number of nitrogens with one attached hydrogen (secondary N) is 1. The molecular weight excluding hydrogens is 316 g/mol. The van der Waals surface area contributed by atoms with E-state index in [-0.39, 0.29) is 5.91 Å². The number of anilines is 1. The van der Waals surface area contributed by atoms with Crippen LogP contribution in [0.25, 0.3) is 0 Å². The van der Waals surface area contributed by atoms with E-state index in [1.807, 2.05) is 17.0 Å². The second-order valence-corrected chi connectivity index (χ2v) is 6.72. The summed E-state index contributed by atoms with van der Waals surface area (Å²) in [4.78, 5) is 18.8. The van der Waals surface area contributed by atoms with Gasteiger partial charge in [-0.1, -0.05) is 0 Å². The Hall–Kier alpha value is -1.79. The highest BCUT2D eigenvalue weighted by Crippen LogP contribution is 2.20. The van der Waals surface area contributed by atoms with Gasteiger partial charge >= 0.3 is 0 Å². The third-order valence-corrected chi connectivity index (χ3v) is 4.54. The number of ether oxygens (including phenoxy) is 1. The molecule has 1 saturated heterocycles. The fourth-order valence-electron chi connectivity index (χ4n) is 3.01. The number of piperazine rings is 1. The molecular formula is C19H32N4O2. The predicted octanol–water partition coefficient (Wildman–Crippen LogP) is 1.28. The van der Waals surface area contributed by atoms with Gasteiger partial charge in [-0.2, -0.15) is 0 Å². The summed E-state index contributed by atoms with van der Waals surface area (Å²) in [7, 11) is 5.83. The summed E-state index contributed by atoms with van der Waals surface area (Å²) in [5.41, 5.74) is 1.19. The van der Waals surface area contributed by atoms with Gasteiger partial charge in [0, 0.05) is 44.8 Å². The van der Waals surface area contributed by atoms with Gasteiger partial charge in [0.25, 0.3) is 0 Å². The van der Waals surface area contributed by atoms with E-state index in [0.717, 1.165) is 58.0 Å². The molecule has 25 heavy (non-hydrogen) atoms. The molecule has 0 aliphatic carbocycles. The minimum Gasteiger partial charge on any atom is -0.497 e. The van der Waals surface area contributed by atoms with E-state index in [0.29, 0.717) is 6.42 Å². The van der Waals surface area contributed by atoms with Gasteiger partial charge in [-0.25, -0.2) is 0 Å². The number of methoxy groups -OCH3 is 1. The Balaban J connectivity index is 1.64. The van der Waals surface area contributed by atoms with Crippen molar-refractivity contribution in [2.75, 3.05) is 71.9 Å². The van der Waals surface area contributed by atoms with Crippen LogP contribution in [0.2, 0.25) is 0 Å². The molecule has 1 aromatic rings. The van der Waals surface area contributed by atoms with Crippen molar-refractivity contribution in [3.05, 3.63) is 24.3 Å². The summed E-state index contributed by atoms with van der Waals surface area (Å²) in [5.74, 6) is 1.13. The van der Waals surface area contributed by atoms with E-state index in [1.54, 1.807) is 7.11 Å². The first-order chi connectivity index (χ1) is 12.1. The summed E-state index contributed by atoms with van der Waals surface area (Å²) in [5, 5.41) is 3.36. The van der Waals surface area contributed by atoms with Gasteiger partial charge in [0.2, 0.25) is 5.91 Å². The number of hydrogen-bond donors (Lipinski definition) is 1. The normalized spacial score (nSPS) is 14.9. The minimum absolute atomic E-state index is 0.259. The monoisotopic (exact) mass is 348 g/mol. The molecule has 0 atom stereocenters. The predicted molar refractivity (Wildman–Crippen MR) is 102 cm³/mol. The Bertz CT molecular complexity index is 511. The molecule has 140 valence electrons. The van der Waals surface area contributed by atoms with Crippen molar-refractivity contribution in [1.82, 2.24) is 15.1 Å². The van der Waals surface area contributed by atoms with Crippen LogP contribution in [0.1, 0.15) is 12.8 Å². The second kappa shape index (κ2) is 10.3. The summed E-state index contributed by atoms with van der Waals surface area (Å²) in [6.45, 7) is 6.18. The first-order valence-electron chi connectivity index (χ1n) is 9.12. The third kappa shape index (κ3) is 6.55. The summed E-state index contributed by atoms with van der Waals surface area (Å²) >= 11 is 0. The molecule has 0 aromatic heterocycles. The lowest BCUT2D eigenvalue weighted by Gasteiger charge is -2.36. The maximum absolute atomic E-state index is 12.3. The molecule has 0 bridgehead atoms. The summed E-state index contributed by atoms with van der Waals surface area (Å²) in [6, 6.07) is 8.12. The fourth-order valence-corrected chi connectivity index (χ4v) is 3.01. The number of nitrogens with zero attached hydrogens (tertiary/aromatic N) is 3. The van der Waals surface area contributed by atoms with Crippen LogP contribution in [0.4, 0.5) is 5.69 Å². The molecule has 0 unspecified atom stereocenters. The van der Waals surface area contributed by atoms with E-state index in [1.165, 1.54) is 5.69 Å². The highest BCUT2D eigenvalue weighted by atomic mass is 16.5. The van der Waals surface area contributed by atoms with Crippen molar-refractivity contribution in [2.24, 2.45) is 0 Å². The number of hydrogen-bond acceptors (Lipinski definition) is 5. The third-order valence-electron chi connectivity index (χ3n) is 4.54. The lowest BCUT2D eigenvalue weighted by atomic mass is 10.2. The van der Waals surface area contributed by atoms with E-state index >= 15 is 0 Å². The SMILES string of the molecule is COc1ccc(N2CCN(C(=O)CCNCCCN(C)C)CC2)cc1. The van der Waals surface area contributed by atoms with Gasteiger partial charge in [0.15, 0.2) is 0 Å². The number of benzene rings is 1. The van der Waals surface area contributed by atoms with Gasteiger partial charge in [-0.15, -0.1) is 0 Å². The van der Waals surface area contributed by atoms with Crippen molar-refractivity contribution in [3.8, 4) is 5.75 Å². The highest BCUT2D eigenvalue weighted by molar-refractivity contribution is 5.76. The molecule has 0 radical (unpaired) electrons. The highest BCUT2D eigenvalue weighted by Gasteiger charge is 2.20. The average molecular weight is 348 g/mol. The molecule has 1 aliphatic heterocycles. The molecule has 1 aromatic carbocycles. The first kappa shape index (κ1) is 19.5. The van der Waals surface area contributed by atoms with Gasteiger partial charge in [-0.05, 0) is 57.9 Å². The van der Waals surface area contributed by atoms with Crippen LogP contribution in [0, 0.1) is 0 Å². The molecule has 2 rings (SSSR count). The molecule has 6 heteroatoms. The Morgan fingerprint density at radius 3 is 2.40 bits per heavy atom. The zero-order valence-corrected chi connectivity index (χ0v) is 15.8. The molecule has 1 heterocycles. The second-order valence-electron chi connectivity index (χ2n) is 6.72. The van der Waals surface area contributed by atoms with E-state index < -0.39 is 0 Å². The van der Waals surface area contributed by atoms with Crippen molar-refractivity contribution in [1.29, 1.82) is 0 Å². The lowest BCUT2D eigenvalue weighted by Crippen LogP contribution is -2.49. The average Bonchev–Trinajstić information content (AvgIpc) is 2.64. The van der Waals surface area contributed by atoms with Gasteiger partial charge in [-0.3, -0.25) is 4.79 Å². The Labute approximate surface area is 151 Å². The first-order valence-corrected chi connectivity index (χ1v) is 9.12. The van der Waals surface area contributed by atoms with E-state index in [9.17, 15) is 4.79 Å². The van der Waals surface area contributed by atoms with Crippen LogP contribution in [0.3, 0.4) is 0 Å². The zero-order valence-electron chi connectivity index (χ0n) is 15.8. The standard InChI is InChI=1S/C19H32N4O2/c1-21(2)12-4-10-20-11-9-19(24)23-15-13-22(14-16-23)17-5-7-18(25-3)8-6-17/h5-8,20H,4,9-16H2,1-3H3. The van der Waals surface area contributed by atoms with Crippen LogP contribution >= 0.6 is 0 Å². The number of rotatable bonds is 9. The number of carbonyl (C=O) groups excluding carboxylic acids is 1. The summed E-state index contributed by atoms with van der Waals surface area (Å²) in [6.07, 6.45) is 1.70. The zero-order chi connectivity index (χ0) is 18.1. The Morgan fingerprint density at radius 2 is 1.80 bits per heavy atom. The fraction of sp³-hybridized carbons (Fsp3) is 0.632. The van der Waals surface area contributed by atoms with Gasteiger partial charge in [0.1, 0.15) is 5.75 Å². The quantitative estimate of drug-likeness (QED) is 0.681. The van der Waals surface area contributed by atoms with E-state index in [4.69, 9.17) is 4.74 Å². The Kier molecular flexibility index (Phi) is 8.01. The molecule has 1 amide bonds. The number of amides is 1. The summed E-state index contributed by atoms with van der Waals surface area (Å²) < 4.78 is 5.20. The molecule has 0 saturated carbocycles. The minimum atomic E-state index is 0.259. The van der Waals surface area contributed by atoms with Crippen molar-refractivity contribution < 1.29 is 9.53 Å². The van der Waals surface area contributed by atoms with Gasteiger partial charge in [0.05, 0.1) is 7.11 Å². The maximum atomic E-state index is 12.3. The van der Waals surface area contributed by atoms with Gasteiger partial charge < -0.3 is 24.8 Å². The van der Waals surface area contributed by atoms with Crippen LogP contribution in [0.5, 0.6) is 5.75 Å². The molecule has 1 aliphatic rings. The Morgan fingerprint density at radius 1 is 1.12 bits per heavy atom. The molecule has 6 nitrogen and oxygen atoms in total. The van der Waals surface area contributed by atoms with Crippen molar-refractivity contribution >= 4 is 11.6 Å². The largest absolute Gasteiger partial charge is 0.497 e. The lowest BCUT2D eigenvalue weighted by molar-refractivity contribution is -0.131. The molecule has 1 fully saturated rings. The molecule has 0 spiro atoms. The smallest absolute Gasteiger partial charge is 0.223 e. The van der Waals surface area contributed by atoms with Crippen molar-refractivity contribution in [2.45, 2.75) is 12.8 Å².